The molecule has 3 saturated carbocycles. The normalized spacial score (nSPS) is 41.1. The van der Waals surface area contributed by atoms with Crippen molar-refractivity contribution in [2.45, 2.75) is 63.9 Å². The summed E-state index contributed by atoms with van der Waals surface area (Å²) in [6.07, 6.45) is 1.88. The summed E-state index contributed by atoms with van der Waals surface area (Å²) in [5.41, 5.74) is -3.45. The van der Waals surface area contributed by atoms with E-state index in [9.17, 15) is 19.5 Å². The lowest BCUT2D eigenvalue weighted by atomic mass is 9.45. The molecular weight excluding hydrogens is 466 g/mol. The third-order valence-electron chi connectivity index (χ3n) is 9.58. The molecule has 0 spiro atoms. The maximum Gasteiger partial charge on any atom is 0.310 e. The Bertz CT molecular complexity index is 1150. The van der Waals surface area contributed by atoms with Crippen LogP contribution in [-0.4, -0.2) is 47.2 Å². The fourth-order valence-electron chi connectivity index (χ4n) is 7.80. The lowest BCUT2D eigenvalue weighted by Crippen LogP contribution is -2.68. The Balaban J connectivity index is 1.34. The highest BCUT2D eigenvalue weighted by Crippen LogP contribution is 2.69. The predicted octanol–water partition coefficient (Wildman–Crippen LogP) is 4.28. The zero-order valence-electron chi connectivity index (χ0n) is 20.6. The van der Waals surface area contributed by atoms with E-state index in [0.29, 0.717) is 12.8 Å². The molecule has 5 nitrogen and oxygen atoms in total. The molecule has 4 aliphatic rings. The quantitative estimate of drug-likeness (QED) is 0.613. The van der Waals surface area contributed by atoms with Gasteiger partial charge in [-0.05, 0) is 67.2 Å². The highest BCUT2D eigenvalue weighted by atomic mass is 19.1. The fourth-order valence-corrected chi connectivity index (χ4v) is 7.80. The Morgan fingerprint density at radius 3 is 2.58 bits per heavy atom. The Kier molecular flexibility index (Phi) is 6.05. The number of aliphatic hydroxyl groups excluding tert-OH is 1. The van der Waals surface area contributed by atoms with E-state index in [4.69, 9.17) is 4.74 Å². The van der Waals surface area contributed by atoms with Gasteiger partial charge in [-0.1, -0.05) is 43.3 Å². The second-order valence-corrected chi connectivity index (χ2v) is 11.4. The minimum atomic E-state index is -2.15. The number of benzene rings is 1. The monoisotopic (exact) mass is 498 g/mol. The summed E-state index contributed by atoms with van der Waals surface area (Å²) in [6, 6.07) is 9.09. The molecule has 0 radical (unpaired) electrons. The Morgan fingerprint density at radius 1 is 1.14 bits per heavy atom. The van der Waals surface area contributed by atoms with Gasteiger partial charge in [0, 0.05) is 17.3 Å². The number of ketones is 2. The van der Waals surface area contributed by atoms with E-state index in [1.165, 1.54) is 18.2 Å². The van der Waals surface area contributed by atoms with Gasteiger partial charge >= 0.3 is 5.97 Å². The minimum absolute atomic E-state index is 0.0423. The first-order chi connectivity index (χ1) is 17.0. The molecule has 1 N–H and O–H groups in total. The number of esters is 1. The molecule has 3 fully saturated rings. The number of Topliss-reactive ketones (excluding diaryl/α,β-unsaturated/α-hetero) is 1. The first-order valence-electron chi connectivity index (χ1n) is 12.7. The zero-order valence-corrected chi connectivity index (χ0v) is 20.6. The van der Waals surface area contributed by atoms with Crippen LogP contribution in [0.1, 0.15) is 45.1 Å². The van der Waals surface area contributed by atoms with Crippen LogP contribution < -0.4 is 0 Å². The second-order valence-electron chi connectivity index (χ2n) is 11.4. The van der Waals surface area contributed by atoms with Gasteiger partial charge in [0.1, 0.15) is 12.8 Å². The summed E-state index contributed by atoms with van der Waals surface area (Å²) in [6.45, 7) is 3.07. The summed E-state index contributed by atoms with van der Waals surface area (Å²) in [5.74, 6) is -2.77. The molecule has 1 unspecified atom stereocenters. The van der Waals surface area contributed by atoms with Crippen molar-refractivity contribution in [2.75, 3.05) is 6.61 Å². The van der Waals surface area contributed by atoms with Crippen molar-refractivity contribution in [3.8, 4) is 0 Å². The molecule has 0 heterocycles. The van der Waals surface area contributed by atoms with Crippen molar-refractivity contribution in [1.82, 2.24) is 0 Å². The first-order valence-corrected chi connectivity index (χ1v) is 12.7. The van der Waals surface area contributed by atoms with Crippen LogP contribution in [0.3, 0.4) is 0 Å². The number of fused-ring (bicyclic) bond motifs is 5. The lowest BCUT2D eigenvalue weighted by Gasteiger charge is -2.62. The number of carbonyl (C=O) groups is 3. The van der Waals surface area contributed by atoms with Crippen molar-refractivity contribution in [1.29, 1.82) is 0 Å². The lowest BCUT2D eigenvalue weighted by molar-refractivity contribution is -0.202. The van der Waals surface area contributed by atoms with Crippen LogP contribution in [-0.2, 0) is 25.5 Å². The van der Waals surface area contributed by atoms with Gasteiger partial charge in [0.2, 0.25) is 0 Å². The van der Waals surface area contributed by atoms with E-state index >= 15 is 8.78 Å². The van der Waals surface area contributed by atoms with Crippen molar-refractivity contribution >= 4 is 17.5 Å². The Morgan fingerprint density at radius 2 is 1.86 bits per heavy atom. The largest absolute Gasteiger partial charge is 0.457 e. The van der Waals surface area contributed by atoms with Crippen LogP contribution in [0, 0.1) is 28.6 Å². The van der Waals surface area contributed by atoms with Crippen molar-refractivity contribution < 1.29 is 33.0 Å². The molecule has 0 bridgehead atoms. The number of hydrogen-bond donors (Lipinski definition) is 1. The molecule has 8 atom stereocenters. The molecule has 1 aromatic carbocycles. The van der Waals surface area contributed by atoms with Crippen molar-refractivity contribution in [3.05, 3.63) is 59.7 Å². The number of aliphatic hydroxyl groups is 1. The van der Waals surface area contributed by atoms with Crippen LogP contribution in [0.4, 0.5) is 8.78 Å². The van der Waals surface area contributed by atoms with E-state index in [0.717, 1.165) is 5.56 Å². The zero-order chi connectivity index (χ0) is 25.9. The van der Waals surface area contributed by atoms with E-state index < -0.39 is 46.6 Å². The standard InChI is InChI=1S/C29H32F2O5/c1-27-15-25(34)29(31)21(14-23(30)22-13-18(32)10-11-28(22,29)2)19(27)8-9-20(27)24(33)16-36-26(35)12-17-6-4-3-5-7-17/h3-7,10-11,13,19-21,23,25,34H,8-9,12,14-16H2,1-2H3/t19?,20-,21+,23+,25+,27+,28+,29+/m1/s1. The first kappa shape index (κ1) is 25.0. The molecule has 192 valence electrons. The molecule has 36 heavy (non-hydrogen) atoms. The van der Waals surface area contributed by atoms with Gasteiger partial charge < -0.3 is 9.84 Å². The molecule has 1 aromatic rings. The van der Waals surface area contributed by atoms with E-state index in [2.05, 4.69) is 0 Å². The summed E-state index contributed by atoms with van der Waals surface area (Å²) in [4.78, 5) is 37.4. The average Bonchev–Trinajstić information content (AvgIpc) is 3.18. The van der Waals surface area contributed by atoms with E-state index in [1.54, 1.807) is 19.1 Å². The third kappa shape index (κ3) is 3.61. The summed E-state index contributed by atoms with van der Waals surface area (Å²) >= 11 is 0. The Hall–Kier alpha value is -2.67. The number of alkyl halides is 2. The van der Waals surface area contributed by atoms with E-state index in [-0.39, 0.29) is 48.9 Å². The average molecular weight is 499 g/mol. The van der Waals surface area contributed by atoms with Gasteiger partial charge in [0.25, 0.3) is 0 Å². The molecule has 0 aromatic heterocycles. The Labute approximate surface area is 209 Å². The molecular formula is C29H32F2O5. The number of carbonyl (C=O) groups excluding carboxylic acids is 3. The smallest absolute Gasteiger partial charge is 0.310 e. The maximum absolute atomic E-state index is 17.1. The van der Waals surface area contributed by atoms with Gasteiger partial charge in [-0.25, -0.2) is 8.78 Å². The predicted molar refractivity (Wildman–Crippen MR) is 128 cm³/mol. The van der Waals surface area contributed by atoms with Crippen LogP contribution >= 0.6 is 0 Å². The molecule has 0 saturated heterocycles. The van der Waals surface area contributed by atoms with Gasteiger partial charge in [0.05, 0.1) is 12.5 Å². The van der Waals surface area contributed by atoms with Crippen LogP contribution in [0.2, 0.25) is 0 Å². The molecule has 5 rings (SSSR count). The topological polar surface area (TPSA) is 80.7 Å². The summed E-state index contributed by atoms with van der Waals surface area (Å²) < 4.78 is 37.7. The second kappa shape index (κ2) is 8.72. The molecule has 0 amide bonds. The van der Waals surface area contributed by atoms with Gasteiger partial charge in [0.15, 0.2) is 17.2 Å². The van der Waals surface area contributed by atoms with Gasteiger partial charge in [-0.15, -0.1) is 0 Å². The molecule has 7 heteroatoms. The highest BCUT2D eigenvalue weighted by Gasteiger charge is 2.72. The summed E-state index contributed by atoms with van der Waals surface area (Å²) in [7, 11) is 0. The number of halogens is 2. The van der Waals surface area contributed by atoms with Crippen LogP contribution in [0.25, 0.3) is 0 Å². The molecule has 4 aliphatic carbocycles. The SMILES string of the molecule is C[C@]12C[C@H](O)[C@@]3(F)[C@@H](C[C@H](F)C4=CC(=O)C=C[C@@]43C)C1CC[C@@H]2C(=O)COC(=O)Cc1ccccc1. The number of rotatable bonds is 5. The molecule has 0 aliphatic heterocycles. The maximum atomic E-state index is 17.1. The minimum Gasteiger partial charge on any atom is -0.457 e. The summed E-state index contributed by atoms with van der Waals surface area (Å²) in [5, 5.41) is 11.3. The number of hydrogen-bond acceptors (Lipinski definition) is 5. The van der Waals surface area contributed by atoms with Gasteiger partial charge in [-0.3, -0.25) is 14.4 Å². The van der Waals surface area contributed by atoms with Crippen LogP contribution in [0.15, 0.2) is 54.1 Å². The van der Waals surface area contributed by atoms with Crippen LogP contribution in [0.5, 0.6) is 0 Å². The highest BCUT2D eigenvalue weighted by molar-refractivity contribution is 6.01. The van der Waals surface area contributed by atoms with Crippen molar-refractivity contribution in [2.24, 2.45) is 28.6 Å². The number of allylic oxidation sites excluding steroid dienone is 4. The van der Waals surface area contributed by atoms with Crippen molar-refractivity contribution in [3.63, 3.8) is 0 Å². The van der Waals surface area contributed by atoms with Gasteiger partial charge in [-0.2, -0.15) is 0 Å². The number of ether oxygens (including phenoxy) is 1. The third-order valence-corrected chi connectivity index (χ3v) is 9.58. The fraction of sp³-hybridized carbons (Fsp3) is 0.552. The van der Waals surface area contributed by atoms with E-state index in [1.807, 2.05) is 25.1 Å².